The van der Waals surface area contributed by atoms with E-state index in [4.69, 9.17) is 5.11 Å². The molecule has 0 aliphatic rings. The molecule has 0 spiro atoms. The Morgan fingerprint density at radius 3 is 2.52 bits per heavy atom. The molecule has 118 valence electrons. The van der Waals surface area contributed by atoms with E-state index >= 15 is 0 Å². The molecule has 0 aliphatic heterocycles. The van der Waals surface area contributed by atoms with Crippen LogP contribution in [0.15, 0.2) is 28.5 Å². The summed E-state index contributed by atoms with van der Waals surface area (Å²) in [6.45, 7) is 4.93. The Kier molecular flexibility index (Phi) is 5.18. The fourth-order valence-corrected chi connectivity index (χ4v) is 4.00. The van der Waals surface area contributed by atoms with Crippen molar-refractivity contribution in [3.8, 4) is 0 Å². The van der Waals surface area contributed by atoms with Crippen LogP contribution in [0.5, 0.6) is 0 Å². The molecule has 1 unspecified atom stereocenters. The molecule has 0 saturated carbocycles. The van der Waals surface area contributed by atoms with E-state index in [1.807, 2.05) is 0 Å². The largest absolute Gasteiger partial charge is 0.480 e. The van der Waals surface area contributed by atoms with Crippen LogP contribution in [0.25, 0.3) is 0 Å². The molecule has 0 aliphatic carbocycles. The van der Waals surface area contributed by atoms with Crippen LogP contribution in [-0.2, 0) is 21.0 Å². The minimum atomic E-state index is -4.83. The normalized spacial score (nSPS) is 13.9. The van der Waals surface area contributed by atoms with Crippen LogP contribution in [0.4, 0.5) is 13.2 Å². The van der Waals surface area contributed by atoms with Crippen LogP contribution in [-0.4, -0.2) is 25.5 Å². The first-order valence-electron chi connectivity index (χ1n) is 5.49. The first kappa shape index (κ1) is 17.7. The minimum absolute atomic E-state index is 0.222. The van der Waals surface area contributed by atoms with Gasteiger partial charge in [-0.2, -0.15) is 17.9 Å². The van der Waals surface area contributed by atoms with Crippen molar-refractivity contribution in [3.05, 3.63) is 28.5 Å². The second kappa shape index (κ2) is 6.16. The Bertz CT molecular complexity index is 649. The van der Waals surface area contributed by atoms with Crippen molar-refractivity contribution in [3.63, 3.8) is 0 Å². The van der Waals surface area contributed by atoms with Gasteiger partial charge in [-0.1, -0.05) is 5.57 Å². The average molecular weight is 343 g/mol. The summed E-state index contributed by atoms with van der Waals surface area (Å²) in [4.78, 5) is 8.70. The zero-order valence-corrected chi connectivity index (χ0v) is 12.4. The van der Waals surface area contributed by atoms with E-state index in [0.717, 1.165) is 11.4 Å². The maximum atomic E-state index is 12.7. The van der Waals surface area contributed by atoms with Gasteiger partial charge >= 0.3 is 12.1 Å². The number of carboxylic acids is 1. The summed E-state index contributed by atoms with van der Waals surface area (Å²) in [5.41, 5.74) is 0.381. The Morgan fingerprint density at radius 1 is 1.52 bits per heavy atom. The molecule has 0 bridgehead atoms. The predicted octanol–water partition coefficient (Wildman–Crippen LogP) is 2.46. The molecule has 0 saturated heterocycles. The zero-order chi connectivity index (χ0) is 16.4. The molecule has 1 heterocycles. The molecule has 1 aromatic heterocycles. The van der Waals surface area contributed by atoms with Gasteiger partial charge in [0.15, 0.2) is 0 Å². The molecule has 0 fully saturated rings. The van der Waals surface area contributed by atoms with Gasteiger partial charge in [-0.15, -0.1) is 17.9 Å². The number of aliphatic carboxylic acids is 1. The lowest BCUT2D eigenvalue weighted by atomic mass is 10.1. The summed E-state index contributed by atoms with van der Waals surface area (Å²) in [7, 11) is -4.60. The average Bonchev–Trinajstić information content (AvgIpc) is 2.75. The maximum absolute atomic E-state index is 12.7. The fraction of sp³-hybridized carbons (Fsp3) is 0.364. The van der Waals surface area contributed by atoms with Crippen LogP contribution in [0.3, 0.4) is 0 Å². The highest BCUT2D eigenvalue weighted by Crippen LogP contribution is 2.38. The lowest BCUT2D eigenvalue weighted by Crippen LogP contribution is -2.41. The number of carboxylic acid groups (broad SMARTS) is 1. The molecule has 0 amide bonds. The van der Waals surface area contributed by atoms with Gasteiger partial charge in [0.25, 0.3) is 0 Å². The summed E-state index contributed by atoms with van der Waals surface area (Å²) < 4.78 is 63.8. The van der Waals surface area contributed by atoms with E-state index in [-0.39, 0.29) is 17.8 Å². The molecule has 1 aromatic rings. The van der Waals surface area contributed by atoms with Gasteiger partial charge in [0.05, 0.1) is 0 Å². The third kappa shape index (κ3) is 4.55. The van der Waals surface area contributed by atoms with E-state index in [9.17, 15) is 26.4 Å². The fourth-order valence-electron chi connectivity index (χ4n) is 1.49. The van der Waals surface area contributed by atoms with Gasteiger partial charge in [0.2, 0.25) is 10.0 Å². The molecule has 10 heteroatoms. The number of rotatable bonds is 6. The van der Waals surface area contributed by atoms with Crippen molar-refractivity contribution in [1.29, 1.82) is 0 Å². The number of carbonyl (C=O) groups is 1. The monoisotopic (exact) mass is 343 g/mol. The van der Waals surface area contributed by atoms with E-state index in [1.54, 1.807) is 4.72 Å². The topological polar surface area (TPSA) is 83.5 Å². The molecular weight excluding hydrogens is 331 g/mol. The maximum Gasteiger partial charge on any atom is 0.426 e. The third-order valence-electron chi connectivity index (χ3n) is 2.32. The quantitative estimate of drug-likeness (QED) is 0.777. The van der Waals surface area contributed by atoms with Gasteiger partial charge in [-0.05, 0) is 24.8 Å². The number of hydrogen-bond donors (Lipinski definition) is 2. The number of sulfonamides is 1. The van der Waals surface area contributed by atoms with Crippen molar-refractivity contribution < 1.29 is 31.5 Å². The summed E-state index contributed by atoms with van der Waals surface area (Å²) in [6, 6.07) is -0.788. The summed E-state index contributed by atoms with van der Waals surface area (Å²) in [6.07, 6.45) is -5.05. The molecule has 1 rings (SSSR count). The third-order valence-corrected chi connectivity index (χ3v) is 4.93. The van der Waals surface area contributed by atoms with Crippen LogP contribution in [0.2, 0.25) is 0 Å². The highest BCUT2D eigenvalue weighted by Gasteiger charge is 2.39. The Hall–Kier alpha value is -1.39. The highest BCUT2D eigenvalue weighted by molar-refractivity contribution is 7.89. The van der Waals surface area contributed by atoms with Gasteiger partial charge < -0.3 is 5.11 Å². The first-order valence-corrected chi connectivity index (χ1v) is 7.85. The van der Waals surface area contributed by atoms with E-state index in [0.29, 0.717) is 5.57 Å². The summed E-state index contributed by atoms with van der Waals surface area (Å²) >= 11 is 0.224. The van der Waals surface area contributed by atoms with Crippen LogP contribution in [0, 0.1) is 0 Å². The molecular formula is C11H12F3NO4S2. The van der Waals surface area contributed by atoms with Crippen molar-refractivity contribution in [1.82, 2.24) is 4.72 Å². The van der Waals surface area contributed by atoms with Gasteiger partial charge in [0.1, 0.15) is 15.8 Å². The van der Waals surface area contributed by atoms with Crippen molar-refractivity contribution in [2.24, 2.45) is 0 Å². The van der Waals surface area contributed by atoms with Crippen LogP contribution >= 0.6 is 11.3 Å². The molecule has 1 atom stereocenters. The summed E-state index contributed by atoms with van der Waals surface area (Å²) in [5.74, 6) is -1.50. The second-order valence-electron chi connectivity index (χ2n) is 4.29. The van der Waals surface area contributed by atoms with Crippen molar-refractivity contribution in [2.45, 2.75) is 30.5 Å². The van der Waals surface area contributed by atoms with E-state index in [2.05, 4.69) is 6.58 Å². The van der Waals surface area contributed by atoms with Crippen molar-refractivity contribution in [2.75, 3.05) is 0 Å². The number of halogens is 3. The van der Waals surface area contributed by atoms with Gasteiger partial charge in [0, 0.05) is 0 Å². The zero-order valence-electron chi connectivity index (χ0n) is 10.8. The molecule has 0 radical (unpaired) electrons. The van der Waals surface area contributed by atoms with Crippen LogP contribution in [0.1, 0.15) is 18.2 Å². The Balaban J connectivity index is 3.15. The molecule has 0 aromatic carbocycles. The molecule has 2 N–H and O–H groups in total. The predicted molar refractivity (Wildman–Crippen MR) is 70.5 cm³/mol. The second-order valence-corrected chi connectivity index (χ2v) is 6.88. The molecule has 21 heavy (non-hydrogen) atoms. The summed E-state index contributed by atoms with van der Waals surface area (Å²) in [5, 5.41) is 9.90. The first-order chi connectivity index (χ1) is 9.45. The minimum Gasteiger partial charge on any atom is -0.480 e. The lowest BCUT2D eigenvalue weighted by Gasteiger charge is -2.15. The van der Waals surface area contributed by atoms with Gasteiger partial charge in [-0.3, -0.25) is 4.79 Å². The lowest BCUT2D eigenvalue weighted by molar-refractivity contribution is -0.139. The number of alkyl halides is 3. The standard InChI is InChI=1S/C11H12F3NO4S2/c1-6(2)5-7(10(16)17)15-21(18,19)8-3-4-20-9(8)11(12,13)14/h3-4,7,15H,1,5H2,2H3,(H,16,17). The number of hydrogen-bond acceptors (Lipinski definition) is 4. The Labute approximate surface area is 123 Å². The van der Waals surface area contributed by atoms with Gasteiger partial charge in [-0.25, -0.2) is 8.42 Å². The van der Waals surface area contributed by atoms with Crippen LogP contribution < -0.4 is 4.72 Å². The van der Waals surface area contributed by atoms with E-state index in [1.165, 1.54) is 6.92 Å². The SMILES string of the molecule is C=C(C)CC(NS(=O)(=O)c1ccsc1C(F)(F)F)C(=O)O. The number of thiophene rings is 1. The smallest absolute Gasteiger partial charge is 0.426 e. The van der Waals surface area contributed by atoms with Crippen molar-refractivity contribution >= 4 is 27.3 Å². The number of nitrogens with one attached hydrogen (secondary N) is 1. The Morgan fingerprint density at radius 2 is 2.10 bits per heavy atom. The molecule has 5 nitrogen and oxygen atoms in total. The van der Waals surface area contributed by atoms with E-state index < -0.39 is 38.0 Å². The highest BCUT2D eigenvalue weighted by atomic mass is 32.2.